The van der Waals surface area contributed by atoms with Crippen molar-refractivity contribution < 1.29 is 18.0 Å². The van der Waals surface area contributed by atoms with E-state index in [9.17, 15) is 18.0 Å². The Morgan fingerprint density at radius 2 is 2.07 bits per heavy atom. The molecule has 1 aliphatic heterocycles. The number of nitrogens with two attached hydrogens (primary N) is 1. The van der Waals surface area contributed by atoms with E-state index in [1.165, 1.54) is 12.3 Å². The molecule has 2 N–H and O–H groups in total. The summed E-state index contributed by atoms with van der Waals surface area (Å²) in [6.07, 6.45) is -1.29. The number of carbonyl (C=O) groups excluding carboxylic acids is 1. The Balaban J connectivity index is 1.93. The molecule has 4 nitrogen and oxygen atoms in total. The molecule has 0 amide bonds. The zero-order chi connectivity index (χ0) is 19.6. The van der Waals surface area contributed by atoms with Crippen molar-refractivity contribution in [1.29, 1.82) is 0 Å². The van der Waals surface area contributed by atoms with Crippen molar-refractivity contribution in [3.05, 3.63) is 36.0 Å². The zero-order valence-corrected chi connectivity index (χ0v) is 15.3. The molecule has 2 aromatic rings. The first-order valence-corrected chi connectivity index (χ1v) is 9.21. The van der Waals surface area contributed by atoms with Crippen molar-refractivity contribution in [2.45, 2.75) is 32.4 Å². The Morgan fingerprint density at radius 3 is 2.78 bits per heavy atom. The average molecular weight is 379 g/mol. The Hall–Kier alpha value is -2.15. The van der Waals surface area contributed by atoms with Crippen LogP contribution in [0.5, 0.6) is 0 Å². The highest BCUT2D eigenvalue weighted by Crippen LogP contribution is 2.39. The summed E-state index contributed by atoms with van der Waals surface area (Å²) in [6.45, 7) is 3.85. The molecule has 0 aliphatic carbocycles. The van der Waals surface area contributed by atoms with Crippen molar-refractivity contribution in [2.24, 2.45) is 17.6 Å². The van der Waals surface area contributed by atoms with E-state index in [-0.39, 0.29) is 17.2 Å². The maximum atomic E-state index is 13.3. The highest BCUT2D eigenvalue weighted by Gasteiger charge is 2.34. The summed E-state index contributed by atoms with van der Waals surface area (Å²) < 4.78 is 40.0. The predicted molar refractivity (Wildman–Crippen MR) is 99.5 cm³/mol. The number of carbonyl (C=O) groups is 1. The second-order valence-corrected chi connectivity index (χ2v) is 7.42. The number of halogens is 3. The predicted octanol–water partition coefficient (Wildman–Crippen LogP) is 4.02. The minimum Gasteiger partial charge on any atom is -0.370 e. The second-order valence-electron chi connectivity index (χ2n) is 7.42. The van der Waals surface area contributed by atoms with E-state index in [4.69, 9.17) is 5.73 Å². The van der Waals surface area contributed by atoms with Gasteiger partial charge in [0, 0.05) is 43.2 Å². The molecule has 3 rings (SSSR count). The number of aromatic nitrogens is 1. The molecule has 1 aromatic carbocycles. The summed E-state index contributed by atoms with van der Waals surface area (Å²) in [5.41, 5.74) is 5.45. The fourth-order valence-corrected chi connectivity index (χ4v) is 4.07. The van der Waals surface area contributed by atoms with Gasteiger partial charge < -0.3 is 10.6 Å². The fraction of sp³-hybridized carbons (Fsp3) is 0.500. The molecular formula is C20H24F3N3O. The van der Waals surface area contributed by atoms with Crippen LogP contribution in [0.4, 0.5) is 18.9 Å². The first-order chi connectivity index (χ1) is 12.8. The highest BCUT2D eigenvalue weighted by molar-refractivity contribution is 5.94. The summed E-state index contributed by atoms with van der Waals surface area (Å²) in [7, 11) is 0. The standard InChI is InChI=1S/C20H24F3N3O/c1-13-9-14(10-15(27)6-7-24)12-26(11-13)18-5-4-17(20(21,22)23)19-16(18)3-2-8-25-19/h2-5,8,13-14H,6-7,9-12,24H2,1H3/t13-,14-/m0/s1. The van der Waals surface area contributed by atoms with E-state index in [0.717, 1.165) is 24.7 Å². The van der Waals surface area contributed by atoms with Crippen LogP contribution in [0.15, 0.2) is 30.5 Å². The molecule has 0 radical (unpaired) electrons. The van der Waals surface area contributed by atoms with E-state index in [0.29, 0.717) is 37.2 Å². The van der Waals surface area contributed by atoms with Gasteiger partial charge in [-0.05, 0) is 49.1 Å². The number of hydrogen-bond acceptors (Lipinski definition) is 4. The SMILES string of the molecule is C[C@H]1C[C@@H](CC(=O)CCN)CN(c2ccc(C(F)(F)F)c3ncccc23)C1. The normalized spacial score (nSPS) is 20.9. The number of nitrogens with zero attached hydrogens (tertiary/aromatic N) is 2. The number of pyridine rings is 1. The summed E-state index contributed by atoms with van der Waals surface area (Å²) in [5, 5.41) is 0.494. The first-order valence-electron chi connectivity index (χ1n) is 9.21. The van der Waals surface area contributed by atoms with Crippen LogP contribution in [0.25, 0.3) is 10.9 Å². The lowest BCUT2D eigenvalue weighted by Crippen LogP contribution is -2.40. The van der Waals surface area contributed by atoms with Crippen molar-refractivity contribution in [1.82, 2.24) is 4.98 Å². The molecule has 0 bridgehead atoms. The van der Waals surface area contributed by atoms with Gasteiger partial charge in [0.2, 0.25) is 0 Å². The van der Waals surface area contributed by atoms with Crippen LogP contribution >= 0.6 is 0 Å². The number of rotatable bonds is 5. The third-order valence-corrected chi connectivity index (χ3v) is 5.08. The van der Waals surface area contributed by atoms with Crippen LogP contribution < -0.4 is 10.6 Å². The summed E-state index contributed by atoms with van der Waals surface area (Å²) >= 11 is 0. The number of benzene rings is 1. The number of Topliss-reactive ketones (excluding diaryl/α,β-unsaturated/α-hetero) is 1. The molecule has 7 heteroatoms. The molecule has 0 spiro atoms. The number of fused-ring (bicyclic) bond motifs is 1. The maximum Gasteiger partial charge on any atom is 0.418 e. The summed E-state index contributed by atoms with van der Waals surface area (Å²) in [6, 6.07) is 5.98. The zero-order valence-electron chi connectivity index (χ0n) is 15.3. The van der Waals surface area contributed by atoms with Crippen LogP contribution in [0.1, 0.15) is 31.7 Å². The van der Waals surface area contributed by atoms with Crippen LogP contribution in [0.2, 0.25) is 0 Å². The van der Waals surface area contributed by atoms with Gasteiger partial charge in [-0.1, -0.05) is 6.92 Å². The summed E-state index contributed by atoms with van der Waals surface area (Å²) in [5.74, 6) is 0.681. The molecule has 2 atom stereocenters. The quantitative estimate of drug-likeness (QED) is 0.852. The molecule has 0 saturated carbocycles. The van der Waals surface area contributed by atoms with Crippen LogP contribution in [0, 0.1) is 11.8 Å². The lowest BCUT2D eigenvalue weighted by molar-refractivity contribution is -0.136. The first kappa shape index (κ1) is 19.6. The number of alkyl halides is 3. The molecular weight excluding hydrogens is 355 g/mol. The molecule has 1 aromatic heterocycles. The largest absolute Gasteiger partial charge is 0.418 e. The molecule has 0 unspecified atom stereocenters. The maximum absolute atomic E-state index is 13.3. The number of anilines is 1. The van der Waals surface area contributed by atoms with Gasteiger partial charge in [0.25, 0.3) is 0 Å². The van der Waals surface area contributed by atoms with Crippen molar-refractivity contribution in [3.8, 4) is 0 Å². The molecule has 1 fully saturated rings. The fourth-order valence-electron chi connectivity index (χ4n) is 4.07. The van der Waals surface area contributed by atoms with Crippen LogP contribution in [0.3, 0.4) is 0 Å². The highest BCUT2D eigenvalue weighted by atomic mass is 19.4. The topological polar surface area (TPSA) is 59.2 Å². The number of ketones is 1. The molecule has 1 saturated heterocycles. The Morgan fingerprint density at radius 1 is 1.30 bits per heavy atom. The van der Waals surface area contributed by atoms with Crippen molar-refractivity contribution >= 4 is 22.4 Å². The Bertz CT molecular complexity index is 822. The Labute approximate surface area is 156 Å². The Kier molecular flexibility index (Phi) is 5.69. The van der Waals surface area contributed by atoms with Gasteiger partial charge in [-0.2, -0.15) is 13.2 Å². The minimum absolute atomic E-state index is 0.0310. The lowest BCUT2D eigenvalue weighted by atomic mass is 9.86. The molecule has 2 heterocycles. The van der Waals surface area contributed by atoms with E-state index in [1.807, 2.05) is 0 Å². The monoisotopic (exact) mass is 379 g/mol. The number of piperidine rings is 1. The van der Waals surface area contributed by atoms with Gasteiger partial charge >= 0.3 is 6.18 Å². The summed E-state index contributed by atoms with van der Waals surface area (Å²) in [4.78, 5) is 18.1. The van der Waals surface area contributed by atoms with E-state index < -0.39 is 11.7 Å². The molecule has 146 valence electrons. The van der Waals surface area contributed by atoms with Gasteiger partial charge in [-0.25, -0.2) is 0 Å². The van der Waals surface area contributed by atoms with Crippen molar-refractivity contribution in [2.75, 3.05) is 24.5 Å². The second kappa shape index (κ2) is 7.84. The van der Waals surface area contributed by atoms with Gasteiger partial charge in [-0.15, -0.1) is 0 Å². The van der Waals surface area contributed by atoms with Gasteiger partial charge in [0.1, 0.15) is 5.78 Å². The third kappa shape index (κ3) is 4.40. The van der Waals surface area contributed by atoms with Crippen LogP contribution in [-0.4, -0.2) is 30.4 Å². The van der Waals surface area contributed by atoms with Gasteiger partial charge in [0.05, 0.1) is 11.1 Å². The van der Waals surface area contributed by atoms with Gasteiger partial charge in [-0.3, -0.25) is 9.78 Å². The van der Waals surface area contributed by atoms with E-state index >= 15 is 0 Å². The smallest absolute Gasteiger partial charge is 0.370 e. The molecule has 27 heavy (non-hydrogen) atoms. The van der Waals surface area contributed by atoms with Crippen molar-refractivity contribution in [3.63, 3.8) is 0 Å². The minimum atomic E-state index is -4.45. The van der Waals surface area contributed by atoms with E-state index in [2.05, 4.69) is 16.8 Å². The third-order valence-electron chi connectivity index (χ3n) is 5.08. The van der Waals surface area contributed by atoms with Gasteiger partial charge in [0.15, 0.2) is 0 Å². The molecule has 1 aliphatic rings. The lowest BCUT2D eigenvalue weighted by Gasteiger charge is -2.38. The number of hydrogen-bond donors (Lipinski definition) is 1. The van der Waals surface area contributed by atoms with Crippen LogP contribution in [-0.2, 0) is 11.0 Å². The van der Waals surface area contributed by atoms with E-state index in [1.54, 1.807) is 12.1 Å². The average Bonchev–Trinajstić information content (AvgIpc) is 2.59.